The van der Waals surface area contributed by atoms with E-state index in [4.69, 9.17) is 9.47 Å². The van der Waals surface area contributed by atoms with Crippen LogP contribution in [0.5, 0.6) is 17.4 Å². The average molecular weight is 390 g/mol. The van der Waals surface area contributed by atoms with E-state index < -0.39 is 0 Å². The minimum atomic E-state index is -0.0335. The van der Waals surface area contributed by atoms with E-state index in [-0.39, 0.29) is 5.78 Å². The maximum atomic E-state index is 11.6. The van der Waals surface area contributed by atoms with Gasteiger partial charge in [-0.3, -0.25) is 4.79 Å². The fraction of sp³-hybridized carbons (Fsp3) is 0.136. The summed E-state index contributed by atoms with van der Waals surface area (Å²) in [6.07, 6.45) is 1.49. The zero-order valence-corrected chi connectivity index (χ0v) is 16.5. The first kappa shape index (κ1) is 18.1. The largest absolute Gasteiger partial charge is 0.493 e. The fourth-order valence-corrected chi connectivity index (χ4v) is 3.85. The molecule has 6 heteroatoms. The minimum absolute atomic E-state index is 0.0335. The van der Waals surface area contributed by atoms with Crippen LogP contribution in [0.1, 0.15) is 22.8 Å². The number of rotatable bonds is 5. The number of nitrogens with zero attached hydrogens (tertiary/aromatic N) is 2. The Kier molecular flexibility index (Phi) is 4.79. The Morgan fingerprint density at radius 1 is 1.04 bits per heavy atom. The SMILES string of the molecule is COc1cc(C(C)=O)ccc1Oc1ncnc2scc(-c3ccc(C)cc3)c12. The van der Waals surface area contributed by atoms with Crippen molar-refractivity contribution in [2.75, 3.05) is 7.11 Å². The summed E-state index contributed by atoms with van der Waals surface area (Å²) >= 11 is 1.55. The summed E-state index contributed by atoms with van der Waals surface area (Å²) in [6, 6.07) is 13.4. The highest BCUT2D eigenvalue weighted by atomic mass is 32.1. The molecule has 0 amide bonds. The Bertz CT molecular complexity index is 1170. The Morgan fingerprint density at radius 2 is 1.82 bits per heavy atom. The van der Waals surface area contributed by atoms with Crippen molar-refractivity contribution in [3.8, 4) is 28.5 Å². The summed E-state index contributed by atoms with van der Waals surface area (Å²) in [4.78, 5) is 21.2. The van der Waals surface area contributed by atoms with Gasteiger partial charge in [-0.1, -0.05) is 29.8 Å². The highest BCUT2D eigenvalue weighted by Gasteiger charge is 2.17. The molecule has 0 saturated carbocycles. The Balaban J connectivity index is 1.81. The first-order valence-corrected chi connectivity index (χ1v) is 9.61. The molecule has 28 heavy (non-hydrogen) atoms. The van der Waals surface area contributed by atoms with E-state index >= 15 is 0 Å². The van der Waals surface area contributed by atoms with E-state index in [1.54, 1.807) is 36.6 Å². The van der Waals surface area contributed by atoms with Crippen LogP contribution in [0.3, 0.4) is 0 Å². The Morgan fingerprint density at radius 3 is 2.54 bits per heavy atom. The van der Waals surface area contributed by atoms with Crippen molar-refractivity contribution in [1.82, 2.24) is 9.97 Å². The Hall–Kier alpha value is -3.25. The third kappa shape index (κ3) is 3.34. The van der Waals surface area contributed by atoms with Gasteiger partial charge >= 0.3 is 0 Å². The molecule has 4 aromatic rings. The summed E-state index contributed by atoms with van der Waals surface area (Å²) in [5, 5.41) is 2.92. The monoisotopic (exact) mass is 390 g/mol. The van der Waals surface area contributed by atoms with Gasteiger partial charge in [0.25, 0.3) is 0 Å². The average Bonchev–Trinajstić information content (AvgIpc) is 3.14. The summed E-state index contributed by atoms with van der Waals surface area (Å²) in [5.74, 6) is 1.39. The van der Waals surface area contributed by atoms with Crippen LogP contribution >= 0.6 is 11.3 Å². The molecule has 0 radical (unpaired) electrons. The number of ether oxygens (including phenoxy) is 2. The van der Waals surface area contributed by atoms with Crippen molar-refractivity contribution in [1.29, 1.82) is 0 Å². The third-order valence-corrected chi connectivity index (χ3v) is 5.36. The topological polar surface area (TPSA) is 61.3 Å². The van der Waals surface area contributed by atoms with Crippen LogP contribution in [0.2, 0.25) is 0 Å². The van der Waals surface area contributed by atoms with E-state index in [2.05, 4.69) is 46.5 Å². The van der Waals surface area contributed by atoms with Crippen LogP contribution in [0.25, 0.3) is 21.3 Å². The molecular formula is C22H18N2O3S. The second kappa shape index (κ2) is 7.40. The maximum absolute atomic E-state index is 11.6. The number of thiophene rings is 1. The number of carbonyl (C=O) groups is 1. The molecule has 5 nitrogen and oxygen atoms in total. The molecule has 0 aliphatic rings. The number of Topliss-reactive ketones (excluding diaryl/α,β-unsaturated/α-hetero) is 1. The molecule has 2 aromatic heterocycles. The first-order chi connectivity index (χ1) is 13.6. The normalized spacial score (nSPS) is 10.8. The van der Waals surface area contributed by atoms with Gasteiger partial charge in [0, 0.05) is 16.5 Å². The van der Waals surface area contributed by atoms with Gasteiger partial charge in [-0.2, -0.15) is 0 Å². The van der Waals surface area contributed by atoms with E-state index in [0.29, 0.717) is 22.9 Å². The zero-order valence-electron chi connectivity index (χ0n) is 15.7. The molecule has 0 fully saturated rings. The number of carbonyl (C=O) groups excluding carboxylic acids is 1. The van der Waals surface area contributed by atoms with Crippen LogP contribution < -0.4 is 9.47 Å². The van der Waals surface area contributed by atoms with Crippen molar-refractivity contribution in [2.24, 2.45) is 0 Å². The van der Waals surface area contributed by atoms with Gasteiger partial charge < -0.3 is 9.47 Å². The zero-order chi connectivity index (χ0) is 19.7. The van der Waals surface area contributed by atoms with E-state index in [0.717, 1.165) is 21.3 Å². The minimum Gasteiger partial charge on any atom is -0.493 e. The molecule has 2 aromatic carbocycles. The molecule has 0 aliphatic heterocycles. The number of hydrogen-bond donors (Lipinski definition) is 0. The number of ketones is 1. The van der Waals surface area contributed by atoms with Gasteiger partial charge in [-0.25, -0.2) is 9.97 Å². The molecule has 4 rings (SSSR count). The van der Waals surface area contributed by atoms with Crippen LogP contribution in [-0.4, -0.2) is 22.9 Å². The number of methoxy groups -OCH3 is 1. The quantitative estimate of drug-likeness (QED) is 0.411. The van der Waals surface area contributed by atoms with Gasteiger partial charge in [-0.05, 0) is 37.6 Å². The van der Waals surface area contributed by atoms with Gasteiger partial charge in [0.05, 0.1) is 12.5 Å². The molecule has 0 atom stereocenters. The molecule has 0 aliphatic carbocycles. The fourth-order valence-electron chi connectivity index (χ4n) is 2.95. The van der Waals surface area contributed by atoms with Gasteiger partial charge in [0.2, 0.25) is 5.88 Å². The van der Waals surface area contributed by atoms with Crippen molar-refractivity contribution in [3.63, 3.8) is 0 Å². The van der Waals surface area contributed by atoms with Gasteiger partial charge in [0.1, 0.15) is 11.2 Å². The predicted octanol–water partition coefficient (Wildman–Crippen LogP) is 5.67. The lowest BCUT2D eigenvalue weighted by Crippen LogP contribution is -1.97. The lowest BCUT2D eigenvalue weighted by molar-refractivity contribution is 0.101. The van der Waals surface area contributed by atoms with Crippen LogP contribution in [0, 0.1) is 6.92 Å². The second-order valence-electron chi connectivity index (χ2n) is 6.40. The molecule has 0 spiro atoms. The molecular weight excluding hydrogens is 372 g/mol. The van der Waals surface area contributed by atoms with Crippen LogP contribution in [0.4, 0.5) is 0 Å². The maximum Gasteiger partial charge on any atom is 0.231 e. The lowest BCUT2D eigenvalue weighted by Gasteiger charge is -2.12. The van der Waals surface area contributed by atoms with Crippen molar-refractivity contribution < 1.29 is 14.3 Å². The molecule has 0 saturated heterocycles. The third-order valence-electron chi connectivity index (χ3n) is 4.47. The predicted molar refractivity (Wildman–Crippen MR) is 111 cm³/mol. The van der Waals surface area contributed by atoms with Crippen molar-refractivity contribution in [2.45, 2.75) is 13.8 Å². The van der Waals surface area contributed by atoms with E-state index in [9.17, 15) is 4.79 Å². The summed E-state index contributed by atoms with van der Waals surface area (Å²) in [5.41, 5.74) is 3.87. The standard InChI is InChI=1S/C22H18N2O3S/c1-13-4-6-15(7-5-13)17-11-28-22-20(17)21(23-12-24-22)27-18-9-8-16(14(2)25)10-19(18)26-3/h4-12H,1-3H3. The summed E-state index contributed by atoms with van der Waals surface area (Å²) in [7, 11) is 1.55. The molecule has 0 N–H and O–H groups in total. The molecule has 140 valence electrons. The highest BCUT2D eigenvalue weighted by molar-refractivity contribution is 7.17. The highest BCUT2D eigenvalue weighted by Crippen LogP contribution is 2.40. The number of aromatic nitrogens is 2. The van der Waals surface area contributed by atoms with Gasteiger partial charge in [-0.15, -0.1) is 11.3 Å². The van der Waals surface area contributed by atoms with Crippen LogP contribution in [-0.2, 0) is 0 Å². The van der Waals surface area contributed by atoms with E-state index in [1.807, 2.05) is 0 Å². The van der Waals surface area contributed by atoms with Crippen LogP contribution in [0.15, 0.2) is 54.2 Å². The molecule has 0 unspecified atom stereocenters. The van der Waals surface area contributed by atoms with Crippen molar-refractivity contribution in [3.05, 3.63) is 65.3 Å². The number of fused-ring (bicyclic) bond motifs is 1. The smallest absolute Gasteiger partial charge is 0.231 e. The number of benzene rings is 2. The first-order valence-electron chi connectivity index (χ1n) is 8.73. The number of hydrogen-bond acceptors (Lipinski definition) is 6. The summed E-state index contributed by atoms with van der Waals surface area (Å²) in [6.45, 7) is 3.58. The second-order valence-corrected chi connectivity index (χ2v) is 7.26. The summed E-state index contributed by atoms with van der Waals surface area (Å²) < 4.78 is 11.5. The van der Waals surface area contributed by atoms with Crippen molar-refractivity contribution >= 4 is 27.3 Å². The molecule has 0 bridgehead atoms. The van der Waals surface area contributed by atoms with E-state index in [1.165, 1.54) is 18.8 Å². The Labute approximate surface area is 166 Å². The number of aryl methyl sites for hydroxylation is 1. The van der Waals surface area contributed by atoms with Gasteiger partial charge in [0.15, 0.2) is 17.3 Å². The lowest BCUT2D eigenvalue weighted by atomic mass is 10.0. The molecule has 2 heterocycles.